The number of nitrogen functional groups attached to an aromatic ring is 1. The van der Waals surface area contributed by atoms with Gasteiger partial charge in [0.2, 0.25) is 0 Å². The zero-order valence-corrected chi connectivity index (χ0v) is 13.1. The fraction of sp³-hybridized carbons (Fsp3) is 0.438. The van der Waals surface area contributed by atoms with Crippen LogP contribution >= 0.6 is 11.8 Å². The summed E-state index contributed by atoms with van der Waals surface area (Å²) in [6, 6.07) is 8.56. The number of aromatic nitrogens is 1. The van der Waals surface area contributed by atoms with E-state index < -0.39 is 0 Å². The number of benzene rings is 1. The molecule has 1 heterocycles. The third kappa shape index (κ3) is 3.10. The Labute approximate surface area is 124 Å². The molecule has 0 unspecified atom stereocenters. The zero-order chi connectivity index (χ0) is 14.8. The maximum absolute atomic E-state index is 9.11. The highest BCUT2D eigenvalue weighted by Crippen LogP contribution is 2.32. The molecular formula is C16H21N3S. The number of nitriles is 1. The zero-order valence-electron chi connectivity index (χ0n) is 12.3. The average molecular weight is 287 g/mol. The van der Waals surface area contributed by atoms with Crippen LogP contribution in [-0.2, 0) is 6.54 Å². The molecule has 3 nitrogen and oxygen atoms in total. The van der Waals surface area contributed by atoms with Crippen LogP contribution in [0.1, 0.15) is 27.2 Å². The summed E-state index contributed by atoms with van der Waals surface area (Å²) in [6.45, 7) is 6.94. The molecule has 2 N–H and O–H groups in total. The number of hydrogen-bond acceptors (Lipinski definition) is 3. The van der Waals surface area contributed by atoms with E-state index in [0.29, 0.717) is 0 Å². The third-order valence-electron chi connectivity index (χ3n) is 3.45. The highest BCUT2D eigenvalue weighted by atomic mass is 32.2. The van der Waals surface area contributed by atoms with E-state index in [0.717, 1.165) is 29.9 Å². The Hall–Kier alpha value is -1.60. The molecule has 1 aromatic carbocycles. The van der Waals surface area contributed by atoms with Crippen LogP contribution in [0.2, 0.25) is 0 Å². The number of rotatable bonds is 5. The average Bonchev–Trinajstić information content (AvgIpc) is 2.80. The van der Waals surface area contributed by atoms with E-state index >= 15 is 0 Å². The van der Waals surface area contributed by atoms with Gasteiger partial charge in [-0.15, -0.1) is 11.8 Å². The Balaban J connectivity index is 2.34. The predicted molar refractivity (Wildman–Crippen MR) is 86.8 cm³/mol. The van der Waals surface area contributed by atoms with Gasteiger partial charge in [-0.1, -0.05) is 6.92 Å². The van der Waals surface area contributed by atoms with Gasteiger partial charge in [-0.3, -0.25) is 0 Å². The fourth-order valence-corrected chi connectivity index (χ4v) is 3.07. The van der Waals surface area contributed by atoms with Gasteiger partial charge < -0.3 is 10.3 Å². The van der Waals surface area contributed by atoms with Crippen molar-refractivity contribution in [2.24, 2.45) is 5.41 Å². The second kappa shape index (κ2) is 5.80. The van der Waals surface area contributed by atoms with Crippen LogP contribution in [0.5, 0.6) is 0 Å². The molecule has 2 rings (SSSR count). The largest absolute Gasteiger partial charge is 0.399 e. The standard InChI is InChI=1S/C16H21N3S/c1-4-20-15-10-12(18)9-14-13(15)5-7-19(14)8-6-16(2,3)11-17/h5,7,9-10H,4,6,8,18H2,1-3H3. The highest BCUT2D eigenvalue weighted by molar-refractivity contribution is 7.99. The quantitative estimate of drug-likeness (QED) is 0.660. The van der Waals surface area contributed by atoms with Crippen molar-refractivity contribution in [3.05, 3.63) is 24.4 Å². The molecule has 0 fully saturated rings. The molecule has 0 atom stereocenters. The molecule has 0 amide bonds. The lowest BCUT2D eigenvalue weighted by molar-refractivity contribution is 0.417. The van der Waals surface area contributed by atoms with Gasteiger partial charge in [0.1, 0.15) is 0 Å². The molecule has 0 spiro atoms. The van der Waals surface area contributed by atoms with Gasteiger partial charge in [0, 0.05) is 28.7 Å². The summed E-state index contributed by atoms with van der Waals surface area (Å²) in [5, 5.41) is 10.4. The molecule has 4 heteroatoms. The van der Waals surface area contributed by atoms with Crippen LogP contribution in [0.15, 0.2) is 29.3 Å². The minimum atomic E-state index is -0.294. The van der Waals surface area contributed by atoms with E-state index in [2.05, 4.69) is 29.8 Å². The molecule has 0 aliphatic rings. The van der Waals surface area contributed by atoms with Crippen LogP contribution in [0.4, 0.5) is 5.69 Å². The van der Waals surface area contributed by atoms with Crippen molar-refractivity contribution in [2.45, 2.75) is 38.6 Å². The molecule has 0 bridgehead atoms. The summed E-state index contributed by atoms with van der Waals surface area (Å²) in [4.78, 5) is 1.24. The molecule has 0 saturated heterocycles. The van der Waals surface area contributed by atoms with Gasteiger partial charge >= 0.3 is 0 Å². The lowest BCUT2D eigenvalue weighted by Gasteiger charge is -2.16. The minimum Gasteiger partial charge on any atom is -0.399 e. The van der Waals surface area contributed by atoms with Crippen LogP contribution < -0.4 is 5.73 Å². The second-order valence-electron chi connectivity index (χ2n) is 5.64. The van der Waals surface area contributed by atoms with E-state index in [1.54, 1.807) is 0 Å². The fourth-order valence-electron chi connectivity index (χ4n) is 2.21. The van der Waals surface area contributed by atoms with Gasteiger partial charge in [0.15, 0.2) is 0 Å². The van der Waals surface area contributed by atoms with Crippen molar-refractivity contribution >= 4 is 28.4 Å². The molecule has 20 heavy (non-hydrogen) atoms. The molecule has 0 saturated carbocycles. The van der Waals surface area contributed by atoms with Crippen LogP contribution in [-0.4, -0.2) is 10.3 Å². The molecule has 0 aliphatic carbocycles. The summed E-state index contributed by atoms with van der Waals surface area (Å²) in [7, 11) is 0. The van der Waals surface area contributed by atoms with Crippen molar-refractivity contribution in [2.75, 3.05) is 11.5 Å². The van der Waals surface area contributed by atoms with Gasteiger partial charge in [-0.05, 0) is 44.2 Å². The summed E-state index contributed by atoms with van der Waals surface area (Å²) < 4.78 is 2.20. The maximum atomic E-state index is 9.11. The van der Waals surface area contributed by atoms with Gasteiger partial charge in [-0.2, -0.15) is 5.26 Å². The van der Waals surface area contributed by atoms with Crippen molar-refractivity contribution < 1.29 is 0 Å². The maximum Gasteiger partial charge on any atom is 0.0684 e. The highest BCUT2D eigenvalue weighted by Gasteiger charge is 2.17. The molecular weight excluding hydrogens is 266 g/mol. The SMILES string of the molecule is CCSc1cc(N)cc2c1ccn2CCC(C)(C)C#N. The van der Waals surface area contributed by atoms with Crippen LogP contribution in [0.3, 0.4) is 0 Å². The number of aryl methyl sites for hydroxylation is 1. The Kier molecular flexibility index (Phi) is 4.29. The predicted octanol–water partition coefficient (Wildman–Crippen LogP) is 4.28. The van der Waals surface area contributed by atoms with Crippen LogP contribution in [0.25, 0.3) is 10.9 Å². The summed E-state index contributed by atoms with van der Waals surface area (Å²) in [5.74, 6) is 1.03. The third-order valence-corrected chi connectivity index (χ3v) is 4.39. The molecule has 106 valence electrons. The lowest BCUT2D eigenvalue weighted by atomic mass is 9.91. The molecule has 0 radical (unpaired) electrons. The minimum absolute atomic E-state index is 0.294. The Morgan fingerprint density at radius 1 is 1.40 bits per heavy atom. The first-order valence-corrected chi connectivity index (χ1v) is 7.88. The van der Waals surface area contributed by atoms with Gasteiger partial charge in [0.25, 0.3) is 0 Å². The summed E-state index contributed by atoms with van der Waals surface area (Å²) in [5.41, 5.74) is 7.68. The molecule has 0 aliphatic heterocycles. The number of anilines is 1. The van der Waals surface area contributed by atoms with Crippen molar-refractivity contribution in [1.29, 1.82) is 5.26 Å². The van der Waals surface area contributed by atoms with E-state index in [-0.39, 0.29) is 5.41 Å². The van der Waals surface area contributed by atoms with Crippen molar-refractivity contribution in [1.82, 2.24) is 4.57 Å². The van der Waals surface area contributed by atoms with Gasteiger partial charge in [0.05, 0.1) is 17.0 Å². The number of nitrogens with two attached hydrogens (primary N) is 1. The topological polar surface area (TPSA) is 54.7 Å². The smallest absolute Gasteiger partial charge is 0.0684 e. The van der Waals surface area contributed by atoms with Crippen molar-refractivity contribution in [3.63, 3.8) is 0 Å². The normalized spacial score (nSPS) is 11.7. The second-order valence-corrected chi connectivity index (χ2v) is 6.95. The van der Waals surface area contributed by atoms with E-state index in [4.69, 9.17) is 11.0 Å². The Morgan fingerprint density at radius 3 is 2.80 bits per heavy atom. The molecule has 2 aromatic rings. The molecule has 1 aromatic heterocycles. The lowest BCUT2D eigenvalue weighted by Crippen LogP contribution is -2.11. The monoisotopic (exact) mass is 287 g/mol. The Morgan fingerprint density at radius 2 is 2.15 bits per heavy atom. The summed E-state index contributed by atoms with van der Waals surface area (Å²) >= 11 is 1.81. The first-order chi connectivity index (χ1) is 9.46. The number of fused-ring (bicyclic) bond motifs is 1. The number of hydrogen-bond donors (Lipinski definition) is 1. The van der Waals surface area contributed by atoms with E-state index in [1.165, 1.54) is 10.3 Å². The Bertz CT molecular complexity index is 650. The van der Waals surface area contributed by atoms with Crippen LogP contribution in [0, 0.1) is 16.7 Å². The van der Waals surface area contributed by atoms with E-state index in [1.807, 2.05) is 37.7 Å². The summed E-state index contributed by atoms with van der Waals surface area (Å²) in [6.07, 6.45) is 2.93. The van der Waals surface area contributed by atoms with E-state index in [9.17, 15) is 0 Å². The first-order valence-electron chi connectivity index (χ1n) is 6.89. The van der Waals surface area contributed by atoms with Gasteiger partial charge in [-0.25, -0.2) is 0 Å². The van der Waals surface area contributed by atoms with Crippen molar-refractivity contribution in [3.8, 4) is 6.07 Å². The number of nitrogens with zero attached hydrogens (tertiary/aromatic N) is 2. The first kappa shape index (κ1) is 14.8. The number of thioether (sulfide) groups is 1.